The van der Waals surface area contributed by atoms with Crippen LogP contribution in [0.2, 0.25) is 0 Å². The molecule has 84 valence electrons. The number of hydrogen-bond acceptors (Lipinski definition) is 3. The van der Waals surface area contributed by atoms with E-state index in [0.29, 0.717) is 19.8 Å². The normalized spacial score (nSPS) is 24.2. The molecule has 1 unspecified atom stereocenters. The Morgan fingerprint density at radius 1 is 1.38 bits per heavy atom. The summed E-state index contributed by atoms with van der Waals surface area (Å²) in [6, 6.07) is 12.2. The molecule has 3 nitrogen and oxygen atoms in total. The van der Waals surface area contributed by atoms with Gasteiger partial charge in [0.2, 0.25) is 0 Å². The van der Waals surface area contributed by atoms with Crippen LogP contribution < -0.4 is 0 Å². The quantitative estimate of drug-likeness (QED) is 0.777. The lowest BCUT2D eigenvalue weighted by atomic mass is 10.0. The van der Waals surface area contributed by atoms with Gasteiger partial charge in [0, 0.05) is 6.61 Å². The monoisotopic (exact) mass is 217 g/mol. The van der Waals surface area contributed by atoms with Gasteiger partial charge in [-0.2, -0.15) is 5.26 Å². The molecule has 1 fully saturated rings. The van der Waals surface area contributed by atoms with Gasteiger partial charge in [0.25, 0.3) is 0 Å². The molecule has 0 radical (unpaired) electrons. The largest absolute Gasteiger partial charge is 0.373 e. The molecule has 1 heterocycles. The lowest BCUT2D eigenvalue weighted by Gasteiger charge is -2.19. The van der Waals surface area contributed by atoms with Crippen molar-refractivity contribution in [1.82, 2.24) is 0 Å². The van der Waals surface area contributed by atoms with Crippen LogP contribution in [0.25, 0.3) is 0 Å². The summed E-state index contributed by atoms with van der Waals surface area (Å²) in [7, 11) is 0. The summed E-state index contributed by atoms with van der Waals surface area (Å²) in [5.41, 5.74) is 0.419. The predicted molar refractivity (Wildman–Crippen MR) is 59.6 cm³/mol. The predicted octanol–water partition coefficient (Wildman–Crippen LogP) is 2.28. The minimum Gasteiger partial charge on any atom is -0.373 e. The first-order valence-electron chi connectivity index (χ1n) is 5.52. The van der Waals surface area contributed by atoms with Gasteiger partial charge < -0.3 is 9.47 Å². The van der Waals surface area contributed by atoms with Crippen LogP contribution >= 0.6 is 0 Å². The SMILES string of the molecule is N#CC1(COCc2ccccc2)CCCO1. The zero-order valence-corrected chi connectivity index (χ0v) is 9.19. The van der Waals surface area contributed by atoms with E-state index in [9.17, 15) is 0 Å². The third-order valence-corrected chi connectivity index (χ3v) is 2.75. The molecule has 1 aromatic carbocycles. The summed E-state index contributed by atoms with van der Waals surface area (Å²) in [5, 5.41) is 9.06. The van der Waals surface area contributed by atoms with Gasteiger partial charge in [0.15, 0.2) is 5.60 Å². The first kappa shape index (κ1) is 11.1. The molecule has 3 heteroatoms. The summed E-state index contributed by atoms with van der Waals surface area (Å²) in [4.78, 5) is 0. The van der Waals surface area contributed by atoms with Crippen molar-refractivity contribution in [2.45, 2.75) is 25.0 Å². The maximum absolute atomic E-state index is 9.06. The smallest absolute Gasteiger partial charge is 0.177 e. The molecule has 1 saturated heterocycles. The standard InChI is InChI=1S/C13H15NO2/c14-10-13(7-4-8-16-13)11-15-9-12-5-2-1-3-6-12/h1-3,5-6H,4,7-9,11H2. The van der Waals surface area contributed by atoms with Crippen molar-refractivity contribution >= 4 is 0 Å². The topological polar surface area (TPSA) is 42.2 Å². The van der Waals surface area contributed by atoms with Crippen molar-refractivity contribution < 1.29 is 9.47 Å². The Balaban J connectivity index is 1.82. The number of benzene rings is 1. The molecule has 1 aromatic rings. The number of nitriles is 1. The molecule has 0 N–H and O–H groups in total. The van der Waals surface area contributed by atoms with Crippen LogP contribution in [0.3, 0.4) is 0 Å². The van der Waals surface area contributed by atoms with Gasteiger partial charge in [0.1, 0.15) is 6.07 Å². The van der Waals surface area contributed by atoms with Gasteiger partial charge in [-0.3, -0.25) is 0 Å². The van der Waals surface area contributed by atoms with Crippen molar-refractivity contribution in [3.8, 4) is 6.07 Å². The highest BCUT2D eigenvalue weighted by molar-refractivity contribution is 5.13. The van der Waals surface area contributed by atoms with Crippen molar-refractivity contribution in [3.05, 3.63) is 35.9 Å². The molecule has 1 aliphatic rings. The fourth-order valence-electron chi connectivity index (χ4n) is 1.84. The average Bonchev–Trinajstić information content (AvgIpc) is 2.80. The van der Waals surface area contributed by atoms with Crippen molar-refractivity contribution in [2.75, 3.05) is 13.2 Å². The van der Waals surface area contributed by atoms with E-state index in [0.717, 1.165) is 18.4 Å². The zero-order chi connectivity index (χ0) is 11.3. The van der Waals surface area contributed by atoms with E-state index in [1.807, 2.05) is 30.3 Å². The number of ether oxygens (including phenoxy) is 2. The Morgan fingerprint density at radius 3 is 2.81 bits per heavy atom. The summed E-state index contributed by atoms with van der Waals surface area (Å²) in [5.74, 6) is 0. The van der Waals surface area contributed by atoms with Crippen LogP contribution in [0.5, 0.6) is 0 Å². The highest BCUT2D eigenvalue weighted by atomic mass is 16.5. The van der Waals surface area contributed by atoms with Gasteiger partial charge in [-0.05, 0) is 18.4 Å². The first-order valence-corrected chi connectivity index (χ1v) is 5.52. The Morgan fingerprint density at radius 2 is 2.19 bits per heavy atom. The summed E-state index contributed by atoms with van der Waals surface area (Å²) in [6.45, 7) is 1.56. The van der Waals surface area contributed by atoms with Crippen LogP contribution in [-0.4, -0.2) is 18.8 Å². The zero-order valence-electron chi connectivity index (χ0n) is 9.19. The summed E-state index contributed by atoms with van der Waals surface area (Å²) >= 11 is 0. The molecule has 0 spiro atoms. The Kier molecular flexibility index (Phi) is 3.55. The Hall–Kier alpha value is -1.37. The molecule has 1 aliphatic heterocycles. The Bertz CT molecular complexity index is 363. The minimum absolute atomic E-state index is 0.360. The second kappa shape index (κ2) is 5.11. The first-order chi connectivity index (χ1) is 7.85. The number of hydrogen-bond donors (Lipinski definition) is 0. The molecule has 2 rings (SSSR count). The van der Waals surface area contributed by atoms with Crippen LogP contribution in [0.1, 0.15) is 18.4 Å². The van der Waals surface area contributed by atoms with E-state index in [-0.39, 0.29) is 0 Å². The van der Waals surface area contributed by atoms with Gasteiger partial charge in [0.05, 0.1) is 13.2 Å². The van der Waals surface area contributed by atoms with Crippen molar-refractivity contribution in [3.63, 3.8) is 0 Å². The molecule has 16 heavy (non-hydrogen) atoms. The lowest BCUT2D eigenvalue weighted by Crippen LogP contribution is -2.31. The van der Waals surface area contributed by atoms with Crippen LogP contribution in [-0.2, 0) is 16.1 Å². The second-order valence-corrected chi connectivity index (χ2v) is 4.04. The fourth-order valence-corrected chi connectivity index (χ4v) is 1.84. The van der Waals surface area contributed by atoms with Gasteiger partial charge in [-0.15, -0.1) is 0 Å². The molecule has 0 aromatic heterocycles. The lowest BCUT2D eigenvalue weighted by molar-refractivity contribution is -0.0324. The van der Waals surface area contributed by atoms with Gasteiger partial charge in [-0.25, -0.2) is 0 Å². The van der Waals surface area contributed by atoms with E-state index >= 15 is 0 Å². The molecular formula is C13H15NO2. The average molecular weight is 217 g/mol. The maximum atomic E-state index is 9.06. The number of nitrogens with zero attached hydrogens (tertiary/aromatic N) is 1. The third-order valence-electron chi connectivity index (χ3n) is 2.75. The van der Waals surface area contributed by atoms with Crippen LogP contribution in [0, 0.1) is 11.3 Å². The van der Waals surface area contributed by atoms with Crippen molar-refractivity contribution in [2.24, 2.45) is 0 Å². The van der Waals surface area contributed by atoms with Gasteiger partial charge >= 0.3 is 0 Å². The van der Waals surface area contributed by atoms with E-state index in [1.54, 1.807) is 0 Å². The fraction of sp³-hybridized carbons (Fsp3) is 0.462. The van der Waals surface area contributed by atoms with E-state index in [4.69, 9.17) is 14.7 Å². The number of rotatable bonds is 4. The van der Waals surface area contributed by atoms with Crippen molar-refractivity contribution in [1.29, 1.82) is 5.26 Å². The molecule has 1 atom stereocenters. The molecular weight excluding hydrogens is 202 g/mol. The third kappa shape index (κ3) is 2.60. The molecule has 0 bridgehead atoms. The minimum atomic E-state index is -0.700. The van der Waals surface area contributed by atoms with Crippen LogP contribution in [0.4, 0.5) is 0 Å². The summed E-state index contributed by atoms with van der Waals surface area (Å²) < 4.78 is 11.0. The van der Waals surface area contributed by atoms with Crippen LogP contribution in [0.15, 0.2) is 30.3 Å². The molecule has 0 aliphatic carbocycles. The summed E-state index contributed by atoms with van der Waals surface area (Å²) in [6.07, 6.45) is 1.72. The maximum Gasteiger partial charge on any atom is 0.177 e. The molecule has 0 amide bonds. The Labute approximate surface area is 95.6 Å². The second-order valence-electron chi connectivity index (χ2n) is 4.04. The van der Waals surface area contributed by atoms with Gasteiger partial charge in [-0.1, -0.05) is 30.3 Å². The highest BCUT2D eigenvalue weighted by Crippen LogP contribution is 2.25. The highest BCUT2D eigenvalue weighted by Gasteiger charge is 2.35. The van der Waals surface area contributed by atoms with E-state index < -0.39 is 5.60 Å². The van der Waals surface area contributed by atoms with E-state index in [1.165, 1.54) is 0 Å². The van der Waals surface area contributed by atoms with E-state index in [2.05, 4.69) is 6.07 Å². The molecule has 0 saturated carbocycles.